The number of nitrogens with zero attached hydrogens (tertiary/aromatic N) is 3. The number of rotatable bonds is 8. The van der Waals surface area contributed by atoms with E-state index in [1.165, 1.54) is 30.3 Å². The van der Waals surface area contributed by atoms with E-state index in [9.17, 15) is 23.3 Å². The number of hydrogen-bond acceptors (Lipinski definition) is 11. The Balaban J connectivity index is 1.36. The predicted molar refractivity (Wildman–Crippen MR) is 167 cm³/mol. The number of aromatic nitrogens is 2. The number of nitrogens with one attached hydrogen (secondary N) is 2. The van der Waals surface area contributed by atoms with Gasteiger partial charge in [0.1, 0.15) is 23.1 Å². The number of ether oxygens (including phenoxy) is 3. The summed E-state index contributed by atoms with van der Waals surface area (Å²) < 4.78 is 46.3. The Morgan fingerprint density at radius 2 is 1.91 bits per heavy atom. The average Bonchev–Trinajstić information content (AvgIpc) is 3.52. The quantitative estimate of drug-likeness (QED) is 0.185. The molecule has 7 rings (SSSR count). The highest BCUT2D eigenvalue weighted by Crippen LogP contribution is 2.47. The summed E-state index contributed by atoms with van der Waals surface area (Å²) in [6.07, 6.45) is 3.32. The third-order valence-electron chi connectivity index (χ3n) is 8.80. The van der Waals surface area contributed by atoms with Crippen molar-refractivity contribution in [3.05, 3.63) is 70.4 Å². The van der Waals surface area contributed by atoms with Gasteiger partial charge in [-0.2, -0.15) is 4.98 Å². The van der Waals surface area contributed by atoms with Crippen molar-refractivity contribution in [2.24, 2.45) is 11.7 Å². The Hall–Kier alpha value is -4.73. The monoisotopic (exact) mass is 648 g/mol. The summed E-state index contributed by atoms with van der Waals surface area (Å²) in [5.41, 5.74) is 6.77. The van der Waals surface area contributed by atoms with Crippen LogP contribution in [0.25, 0.3) is 11.0 Å². The molecule has 3 aliphatic heterocycles. The van der Waals surface area contributed by atoms with Gasteiger partial charge in [-0.15, -0.1) is 0 Å². The number of hydrogen-bond donors (Lipinski definition) is 3. The summed E-state index contributed by atoms with van der Waals surface area (Å²) >= 11 is 0. The number of nitro groups is 1. The first kappa shape index (κ1) is 30.0. The number of sulfone groups is 1. The number of amides is 1. The van der Waals surface area contributed by atoms with Crippen LogP contribution in [0.3, 0.4) is 0 Å². The van der Waals surface area contributed by atoms with Crippen molar-refractivity contribution in [3.8, 4) is 5.88 Å². The largest absolute Gasteiger partial charge is 0.468 e. The van der Waals surface area contributed by atoms with Gasteiger partial charge in [-0.25, -0.2) is 8.42 Å². The molecule has 2 fully saturated rings. The maximum absolute atomic E-state index is 14.5. The Labute approximate surface area is 263 Å². The van der Waals surface area contributed by atoms with Gasteiger partial charge >= 0.3 is 0 Å². The molecule has 5 heterocycles. The van der Waals surface area contributed by atoms with Crippen molar-refractivity contribution < 1.29 is 32.3 Å². The third-order valence-corrected chi connectivity index (χ3v) is 10.6. The van der Waals surface area contributed by atoms with E-state index in [4.69, 9.17) is 19.9 Å². The lowest BCUT2D eigenvalue weighted by atomic mass is 9.98. The fraction of sp³-hybridized carbons (Fsp3) is 0.355. The van der Waals surface area contributed by atoms with Crippen LogP contribution < -0.4 is 20.7 Å². The summed E-state index contributed by atoms with van der Waals surface area (Å²) in [4.78, 5) is 33.4. The molecule has 15 heteroatoms. The van der Waals surface area contributed by atoms with Crippen LogP contribution in [0.4, 0.5) is 22.7 Å². The molecule has 2 atom stereocenters. The number of H-pyrrole nitrogens is 1. The molecule has 4 aromatic rings. The minimum absolute atomic E-state index is 0.0300. The van der Waals surface area contributed by atoms with Gasteiger partial charge in [0, 0.05) is 44.0 Å². The van der Waals surface area contributed by atoms with Crippen molar-refractivity contribution in [1.82, 2.24) is 9.97 Å². The van der Waals surface area contributed by atoms with Gasteiger partial charge in [-0.1, -0.05) is 6.07 Å². The maximum atomic E-state index is 14.5. The highest BCUT2D eigenvalue weighted by atomic mass is 32.2. The van der Waals surface area contributed by atoms with Crippen molar-refractivity contribution in [3.63, 3.8) is 0 Å². The molecule has 0 unspecified atom stereocenters. The van der Waals surface area contributed by atoms with Gasteiger partial charge in [0.15, 0.2) is 0 Å². The molecule has 3 aliphatic rings. The highest BCUT2D eigenvalue weighted by molar-refractivity contribution is 7.91. The highest BCUT2D eigenvalue weighted by Gasteiger charge is 2.43. The van der Waals surface area contributed by atoms with E-state index >= 15 is 0 Å². The van der Waals surface area contributed by atoms with Gasteiger partial charge < -0.3 is 35.1 Å². The van der Waals surface area contributed by atoms with E-state index < -0.39 is 32.8 Å². The lowest BCUT2D eigenvalue weighted by molar-refractivity contribution is -0.384. The van der Waals surface area contributed by atoms with E-state index in [-0.39, 0.29) is 50.8 Å². The summed E-state index contributed by atoms with van der Waals surface area (Å²) in [6.45, 7) is 2.36. The number of nitro benzene ring substituents is 1. The number of carbonyl (C=O) groups excluding carboxylic acids is 1. The van der Waals surface area contributed by atoms with Gasteiger partial charge in [-0.3, -0.25) is 14.9 Å². The minimum atomic E-state index is -4.45. The molecule has 2 saturated heterocycles. The molecular formula is C31H32N6O8S. The normalized spacial score (nSPS) is 20.0. The van der Waals surface area contributed by atoms with Crippen LogP contribution in [-0.4, -0.2) is 74.3 Å². The summed E-state index contributed by atoms with van der Waals surface area (Å²) in [7, 11) is -4.45. The van der Waals surface area contributed by atoms with Crippen LogP contribution in [0.2, 0.25) is 0 Å². The molecule has 0 saturated carbocycles. The standard InChI is InChI=1S/C31H32N6O8S/c32-29(38)21-2-1-3-27(46(41,42)20-4-5-22(24(15-20)37(39)40)34-16-18-7-11-43-12-8-18)28(21)36-23-9-13-44-17-26(23)45-31-25(36)14-19-6-10-33-30(19)35-31/h1-6,10,14-15,18,23,26,34H,7-9,11-13,16-17H2,(H2,32,38)(H,33,35)/t23-,26-/m0/s1. The van der Waals surface area contributed by atoms with Crippen molar-refractivity contribution in [2.45, 2.75) is 41.2 Å². The fourth-order valence-electron chi connectivity index (χ4n) is 6.43. The molecule has 4 N–H and O–H groups in total. The molecule has 46 heavy (non-hydrogen) atoms. The number of benzene rings is 2. The third kappa shape index (κ3) is 5.29. The number of pyridine rings is 1. The summed E-state index contributed by atoms with van der Waals surface area (Å²) in [6, 6.07) is 11.3. The fourth-order valence-corrected chi connectivity index (χ4v) is 7.92. The van der Waals surface area contributed by atoms with Gasteiger partial charge in [0.2, 0.25) is 15.7 Å². The van der Waals surface area contributed by atoms with Gasteiger partial charge in [0.25, 0.3) is 11.6 Å². The van der Waals surface area contributed by atoms with Crippen molar-refractivity contribution >= 4 is 49.5 Å². The summed E-state index contributed by atoms with van der Waals surface area (Å²) in [5.74, 6) is -0.318. The molecule has 0 bridgehead atoms. The van der Waals surface area contributed by atoms with Crippen molar-refractivity contribution in [2.75, 3.05) is 43.2 Å². The van der Waals surface area contributed by atoms with Crippen LogP contribution in [0.5, 0.6) is 5.88 Å². The molecule has 14 nitrogen and oxygen atoms in total. The molecule has 2 aromatic carbocycles. The second-order valence-electron chi connectivity index (χ2n) is 11.6. The predicted octanol–water partition coefficient (Wildman–Crippen LogP) is 3.93. The van der Waals surface area contributed by atoms with Crippen LogP contribution >= 0.6 is 0 Å². The molecule has 0 radical (unpaired) electrons. The zero-order valence-corrected chi connectivity index (χ0v) is 25.5. The van der Waals surface area contributed by atoms with E-state index in [0.717, 1.165) is 24.3 Å². The van der Waals surface area contributed by atoms with Crippen LogP contribution in [0, 0.1) is 16.0 Å². The Morgan fingerprint density at radius 3 is 2.70 bits per heavy atom. The maximum Gasteiger partial charge on any atom is 0.293 e. The molecule has 2 aromatic heterocycles. The molecule has 0 spiro atoms. The number of nitrogens with two attached hydrogens (primary N) is 1. The Bertz CT molecular complexity index is 1940. The number of anilines is 3. The lowest BCUT2D eigenvalue weighted by Gasteiger charge is -2.45. The average molecular weight is 649 g/mol. The SMILES string of the molecule is NC(=O)c1cccc(S(=O)(=O)c2ccc(NCC3CCOCC3)c([N+](=O)[O-])c2)c1N1c2cc3cc[nH]c3nc2O[C@H]2COCC[C@@H]21. The van der Waals surface area contributed by atoms with Crippen molar-refractivity contribution in [1.29, 1.82) is 0 Å². The zero-order valence-electron chi connectivity index (χ0n) is 24.7. The van der Waals surface area contributed by atoms with Crippen LogP contribution in [0.15, 0.2) is 64.5 Å². The Kier molecular flexibility index (Phi) is 7.74. The lowest BCUT2D eigenvalue weighted by Crippen LogP contribution is -2.53. The number of para-hydroxylation sites is 1. The molecule has 1 amide bonds. The van der Waals surface area contributed by atoms with Gasteiger partial charge in [-0.05, 0) is 61.6 Å². The smallest absolute Gasteiger partial charge is 0.293 e. The molecular weight excluding hydrogens is 616 g/mol. The Morgan fingerprint density at radius 1 is 1.11 bits per heavy atom. The van der Waals surface area contributed by atoms with E-state index in [1.807, 2.05) is 12.1 Å². The van der Waals surface area contributed by atoms with Crippen LogP contribution in [-0.2, 0) is 19.3 Å². The first-order valence-corrected chi connectivity index (χ1v) is 16.5. The number of carbonyl (C=O) groups is 1. The van der Waals surface area contributed by atoms with E-state index in [2.05, 4.69) is 15.3 Å². The molecule has 0 aliphatic carbocycles. The number of aromatic amines is 1. The second-order valence-corrected chi connectivity index (χ2v) is 13.5. The second kappa shape index (κ2) is 11.9. The minimum Gasteiger partial charge on any atom is -0.468 e. The molecule has 240 valence electrons. The number of fused-ring (bicyclic) bond motifs is 3. The summed E-state index contributed by atoms with van der Waals surface area (Å²) in [5, 5.41) is 16.0. The van der Waals surface area contributed by atoms with Gasteiger partial charge in [0.05, 0.1) is 38.6 Å². The van der Waals surface area contributed by atoms with E-state index in [0.29, 0.717) is 44.1 Å². The topological polar surface area (TPSA) is 192 Å². The number of primary amides is 1. The first-order chi connectivity index (χ1) is 22.2. The zero-order chi connectivity index (χ0) is 32.0. The van der Waals surface area contributed by atoms with E-state index in [1.54, 1.807) is 11.1 Å². The van der Waals surface area contributed by atoms with Crippen LogP contribution in [0.1, 0.15) is 29.6 Å². The first-order valence-electron chi connectivity index (χ1n) is 15.0.